The zero-order chi connectivity index (χ0) is 23.8. The number of carbonyl (C=O) groups is 2. The number of alkyl halides is 3. The molecule has 1 amide bonds. The molecule has 1 aliphatic carbocycles. The lowest BCUT2D eigenvalue weighted by Gasteiger charge is -2.27. The average Bonchev–Trinajstić information content (AvgIpc) is 3.36. The molecular formula is C23H31ClF3NO3. The average molecular weight is 462 g/mol. The van der Waals surface area contributed by atoms with Gasteiger partial charge in [-0.05, 0) is 62.6 Å². The Balaban J connectivity index is 2.24. The van der Waals surface area contributed by atoms with Crippen molar-refractivity contribution in [3.05, 3.63) is 28.8 Å². The molecule has 174 valence electrons. The summed E-state index contributed by atoms with van der Waals surface area (Å²) in [6.45, 7) is 9.71. The largest absolute Gasteiger partial charge is 0.460 e. The second-order valence-corrected chi connectivity index (χ2v) is 10.3. The summed E-state index contributed by atoms with van der Waals surface area (Å²) in [5, 5.41) is 2.76. The van der Waals surface area contributed by atoms with Crippen LogP contribution in [-0.4, -0.2) is 23.7 Å². The Hall–Kier alpha value is -1.76. The van der Waals surface area contributed by atoms with E-state index in [-0.39, 0.29) is 34.4 Å². The number of ether oxygens (including phenoxy) is 1. The number of hydrogen-bond donors (Lipinski definition) is 1. The molecule has 1 saturated carbocycles. The number of nitrogens with one attached hydrogen (secondary N) is 1. The summed E-state index contributed by atoms with van der Waals surface area (Å²) >= 11 is 6.21. The first-order valence-electron chi connectivity index (χ1n) is 10.4. The van der Waals surface area contributed by atoms with Crippen molar-refractivity contribution in [2.75, 3.05) is 5.32 Å². The van der Waals surface area contributed by atoms with E-state index in [1.54, 1.807) is 39.0 Å². The van der Waals surface area contributed by atoms with Gasteiger partial charge >= 0.3 is 12.1 Å². The van der Waals surface area contributed by atoms with Gasteiger partial charge in [0.15, 0.2) is 0 Å². The molecule has 0 radical (unpaired) electrons. The number of benzene rings is 1. The minimum Gasteiger partial charge on any atom is -0.460 e. The molecule has 0 heterocycles. The minimum absolute atomic E-state index is 0.0793. The Bertz CT molecular complexity index is 828. The molecule has 1 fully saturated rings. The minimum atomic E-state index is -4.47. The molecule has 1 N–H and O–H groups in total. The van der Waals surface area contributed by atoms with Crippen molar-refractivity contribution < 1.29 is 27.5 Å². The Labute approximate surface area is 186 Å². The number of anilines is 1. The van der Waals surface area contributed by atoms with Crippen LogP contribution in [0.1, 0.15) is 72.3 Å². The number of rotatable bonds is 7. The van der Waals surface area contributed by atoms with Gasteiger partial charge in [-0.2, -0.15) is 13.2 Å². The molecule has 0 bridgehead atoms. The topological polar surface area (TPSA) is 55.4 Å². The van der Waals surface area contributed by atoms with Crippen molar-refractivity contribution in [1.29, 1.82) is 0 Å². The third-order valence-corrected chi connectivity index (χ3v) is 6.33. The van der Waals surface area contributed by atoms with Crippen LogP contribution < -0.4 is 5.32 Å². The predicted octanol–water partition coefficient (Wildman–Crippen LogP) is 6.73. The standard InChI is InChI=1S/C23H31ClF3NO3/c1-13(14(2)23(25,26)27)20(30)28-18-11-15(7-8-17(18)24)16(22(6)9-10-22)12-19(29)31-21(3,4)5/h7-8,11,13-14,16H,9-10,12H2,1-6H3,(H,28,30)/t13-,14-,16?/m1/s1. The molecule has 0 saturated heterocycles. The van der Waals surface area contributed by atoms with Crippen LogP contribution in [-0.2, 0) is 14.3 Å². The smallest absolute Gasteiger partial charge is 0.392 e. The van der Waals surface area contributed by atoms with Gasteiger partial charge in [0, 0.05) is 5.92 Å². The van der Waals surface area contributed by atoms with Crippen molar-refractivity contribution in [3.63, 3.8) is 0 Å². The lowest BCUT2D eigenvalue weighted by molar-refractivity contribution is -0.183. The van der Waals surface area contributed by atoms with E-state index in [0.717, 1.165) is 25.3 Å². The second kappa shape index (κ2) is 9.00. The second-order valence-electron chi connectivity index (χ2n) is 9.84. The van der Waals surface area contributed by atoms with Gasteiger partial charge in [-0.15, -0.1) is 0 Å². The molecule has 8 heteroatoms. The van der Waals surface area contributed by atoms with E-state index in [1.165, 1.54) is 6.92 Å². The molecule has 31 heavy (non-hydrogen) atoms. The molecular weight excluding hydrogens is 431 g/mol. The van der Waals surface area contributed by atoms with Gasteiger partial charge in [0.05, 0.1) is 23.0 Å². The lowest BCUT2D eigenvalue weighted by atomic mass is 9.82. The van der Waals surface area contributed by atoms with E-state index >= 15 is 0 Å². The van der Waals surface area contributed by atoms with Crippen LogP contribution in [0, 0.1) is 17.3 Å². The van der Waals surface area contributed by atoms with Crippen LogP contribution >= 0.6 is 11.6 Å². The van der Waals surface area contributed by atoms with E-state index in [9.17, 15) is 22.8 Å². The summed E-state index contributed by atoms with van der Waals surface area (Å²) in [4.78, 5) is 24.9. The van der Waals surface area contributed by atoms with Gasteiger partial charge in [0.2, 0.25) is 5.91 Å². The van der Waals surface area contributed by atoms with Crippen molar-refractivity contribution in [3.8, 4) is 0 Å². The highest BCUT2D eigenvalue weighted by Gasteiger charge is 2.47. The third kappa shape index (κ3) is 6.86. The summed E-state index contributed by atoms with van der Waals surface area (Å²) in [5.74, 6) is -4.30. The Morgan fingerprint density at radius 2 is 1.77 bits per heavy atom. The lowest BCUT2D eigenvalue weighted by Crippen LogP contribution is -2.34. The highest BCUT2D eigenvalue weighted by Crippen LogP contribution is 2.57. The number of amides is 1. The predicted molar refractivity (Wildman–Crippen MR) is 115 cm³/mol. The van der Waals surface area contributed by atoms with E-state index < -0.39 is 29.5 Å². The summed E-state index contributed by atoms with van der Waals surface area (Å²) < 4.78 is 44.4. The number of hydrogen-bond acceptors (Lipinski definition) is 3. The van der Waals surface area contributed by atoms with Crippen LogP contribution in [0.3, 0.4) is 0 Å². The van der Waals surface area contributed by atoms with E-state index in [4.69, 9.17) is 16.3 Å². The van der Waals surface area contributed by atoms with Crippen molar-refractivity contribution in [2.45, 2.75) is 78.5 Å². The first kappa shape index (κ1) is 25.5. The van der Waals surface area contributed by atoms with Crippen molar-refractivity contribution >= 4 is 29.2 Å². The number of halogens is 4. The summed E-state index contributed by atoms with van der Waals surface area (Å²) in [6, 6.07) is 5.04. The molecule has 0 aromatic heterocycles. The van der Waals surface area contributed by atoms with E-state index in [1.807, 2.05) is 0 Å². The van der Waals surface area contributed by atoms with Gasteiger partial charge in [-0.25, -0.2) is 0 Å². The Kier molecular flexibility index (Phi) is 7.41. The highest BCUT2D eigenvalue weighted by atomic mass is 35.5. The summed E-state index contributed by atoms with van der Waals surface area (Å²) in [5.41, 5.74) is 0.353. The summed E-state index contributed by atoms with van der Waals surface area (Å²) in [6.07, 6.45) is -2.40. The van der Waals surface area contributed by atoms with E-state index in [2.05, 4.69) is 12.2 Å². The fourth-order valence-electron chi connectivity index (χ4n) is 3.47. The third-order valence-electron chi connectivity index (χ3n) is 6.00. The quantitative estimate of drug-likeness (QED) is 0.458. The number of esters is 1. The molecule has 1 aromatic rings. The molecule has 1 unspecified atom stereocenters. The maximum atomic E-state index is 13.0. The van der Waals surface area contributed by atoms with Gasteiger partial charge in [-0.3, -0.25) is 9.59 Å². The van der Waals surface area contributed by atoms with Crippen LogP contribution in [0.4, 0.5) is 18.9 Å². The summed E-state index contributed by atoms with van der Waals surface area (Å²) in [7, 11) is 0. The molecule has 0 spiro atoms. The molecule has 0 aliphatic heterocycles. The van der Waals surface area contributed by atoms with Gasteiger partial charge in [0.25, 0.3) is 0 Å². The zero-order valence-corrected chi connectivity index (χ0v) is 19.6. The van der Waals surface area contributed by atoms with E-state index in [0.29, 0.717) is 0 Å². The van der Waals surface area contributed by atoms with Crippen LogP contribution in [0.5, 0.6) is 0 Å². The van der Waals surface area contributed by atoms with Gasteiger partial charge < -0.3 is 10.1 Å². The monoisotopic (exact) mass is 461 g/mol. The Morgan fingerprint density at radius 3 is 2.26 bits per heavy atom. The molecule has 4 nitrogen and oxygen atoms in total. The maximum Gasteiger partial charge on any atom is 0.392 e. The Morgan fingerprint density at radius 1 is 1.19 bits per heavy atom. The first-order chi connectivity index (χ1) is 14.0. The fraction of sp³-hybridized carbons (Fsp3) is 0.652. The fourth-order valence-corrected chi connectivity index (χ4v) is 3.64. The van der Waals surface area contributed by atoms with Crippen molar-refractivity contribution in [2.24, 2.45) is 17.3 Å². The molecule has 3 atom stereocenters. The van der Waals surface area contributed by atoms with Crippen LogP contribution in [0.2, 0.25) is 5.02 Å². The number of carbonyl (C=O) groups excluding carboxylic acids is 2. The van der Waals surface area contributed by atoms with Gasteiger partial charge in [-0.1, -0.05) is 38.4 Å². The SMILES string of the molecule is C[C@H]([C@@H](C)C(=O)Nc1cc(C(CC(=O)OC(C)(C)C)C2(C)CC2)ccc1Cl)C(F)(F)F. The van der Waals surface area contributed by atoms with Crippen molar-refractivity contribution in [1.82, 2.24) is 0 Å². The first-order valence-corrected chi connectivity index (χ1v) is 10.8. The molecule has 1 aromatic carbocycles. The highest BCUT2D eigenvalue weighted by molar-refractivity contribution is 6.33. The maximum absolute atomic E-state index is 13.0. The molecule has 1 aliphatic rings. The molecule has 2 rings (SSSR count). The van der Waals surface area contributed by atoms with Crippen LogP contribution in [0.15, 0.2) is 18.2 Å². The van der Waals surface area contributed by atoms with Gasteiger partial charge in [0.1, 0.15) is 5.60 Å². The van der Waals surface area contributed by atoms with Crippen LogP contribution in [0.25, 0.3) is 0 Å². The normalized spacial score (nSPS) is 18.6. The zero-order valence-electron chi connectivity index (χ0n) is 18.8.